The molecular weight excluding hydrogens is 425 g/mol. The quantitative estimate of drug-likeness (QED) is 0.511. The molecule has 5 atom stereocenters. The third-order valence-corrected chi connectivity index (χ3v) is 8.68. The molecule has 4 saturated carbocycles. The van der Waals surface area contributed by atoms with Gasteiger partial charge in [0.05, 0.1) is 22.8 Å². The summed E-state index contributed by atoms with van der Waals surface area (Å²) in [5, 5.41) is 9.82. The third kappa shape index (κ3) is 4.77. The Kier molecular flexibility index (Phi) is 6.61. The molecule has 3 N–H and O–H groups in total. The van der Waals surface area contributed by atoms with Gasteiger partial charge in [-0.25, -0.2) is 0 Å². The van der Waals surface area contributed by atoms with E-state index < -0.39 is 0 Å². The van der Waals surface area contributed by atoms with E-state index >= 15 is 0 Å². The van der Waals surface area contributed by atoms with E-state index in [1.807, 2.05) is 0 Å². The number of hydrogen-bond acceptors (Lipinski definition) is 4. The second kappa shape index (κ2) is 8.76. The molecule has 5 aliphatic rings. The molecule has 5 unspecified atom stereocenters. The van der Waals surface area contributed by atoms with Crippen molar-refractivity contribution in [3.05, 3.63) is 0 Å². The molecule has 0 aromatic carbocycles. The summed E-state index contributed by atoms with van der Waals surface area (Å²) in [6.07, 6.45) is 6.85. The Balaban J connectivity index is 1.14. The number of nitrogens with one attached hydrogen (secondary N) is 3. The van der Waals surface area contributed by atoms with E-state index in [0.29, 0.717) is 18.4 Å². The summed E-state index contributed by atoms with van der Waals surface area (Å²) in [6.45, 7) is 5.26. The maximum Gasteiger partial charge on any atom is 0.246 e. The largest absolute Gasteiger partial charge is 0.368 e. The summed E-state index contributed by atoms with van der Waals surface area (Å²) in [5.41, 5.74) is -0.255. The van der Waals surface area contributed by atoms with Gasteiger partial charge in [-0.1, -0.05) is 13.8 Å². The van der Waals surface area contributed by atoms with Crippen molar-refractivity contribution in [1.82, 2.24) is 16.0 Å². The van der Waals surface area contributed by atoms with Crippen LogP contribution in [0.25, 0.3) is 0 Å². The normalized spacial score (nSPS) is 42.8. The van der Waals surface area contributed by atoms with E-state index in [2.05, 4.69) is 29.8 Å². The van der Waals surface area contributed by atoms with Gasteiger partial charge in [0.1, 0.15) is 6.61 Å². The molecule has 30 heavy (non-hydrogen) atoms. The minimum Gasteiger partial charge on any atom is -0.368 e. The van der Waals surface area contributed by atoms with Gasteiger partial charge in [-0.3, -0.25) is 9.59 Å². The van der Waals surface area contributed by atoms with Gasteiger partial charge < -0.3 is 20.7 Å². The maximum atomic E-state index is 12.7. The average molecular weight is 460 g/mol. The number of alkyl halides is 2. The van der Waals surface area contributed by atoms with E-state index in [4.69, 9.17) is 27.9 Å². The van der Waals surface area contributed by atoms with E-state index in [0.717, 1.165) is 51.5 Å². The Morgan fingerprint density at radius 1 is 1.03 bits per heavy atom. The second-order valence-electron chi connectivity index (χ2n) is 10.4. The first kappa shape index (κ1) is 22.6. The summed E-state index contributed by atoms with van der Waals surface area (Å²) in [4.78, 5) is 25.0. The number of hydrogen-bond donors (Lipinski definition) is 3. The van der Waals surface area contributed by atoms with Crippen molar-refractivity contribution in [2.75, 3.05) is 13.2 Å². The third-order valence-electron chi connectivity index (χ3n) is 7.55. The summed E-state index contributed by atoms with van der Waals surface area (Å²) >= 11 is 12.3. The number of halogens is 2. The predicted molar refractivity (Wildman–Crippen MR) is 118 cm³/mol. The first-order valence-electron chi connectivity index (χ1n) is 11.5. The molecule has 0 aromatic heterocycles. The molecule has 170 valence electrons. The highest BCUT2D eigenvalue weighted by Crippen LogP contribution is 2.60. The number of amides is 2. The number of ether oxygens (including phenoxy) is 1. The molecule has 2 amide bonds. The summed E-state index contributed by atoms with van der Waals surface area (Å²) < 4.78 is 5.76. The first-order valence-corrected chi connectivity index (χ1v) is 12.3. The molecule has 1 aliphatic heterocycles. The zero-order chi connectivity index (χ0) is 21.5. The lowest BCUT2D eigenvalue weighted by Gasteiger charge is -2.70. The Hall–Kier alpha value is -0.560. The molecule has 6 nitrogen and oxygen atoms in total. The zero-order valence-corrected chi connectivity index (χ0v) is 19.5. The van der Waals surface area contributed by atoms with Crippen LogP contribution in [-0.4, -0.2) is 58.9 Å². The highest BCUT2D eigenvalue weighted by atomic mass is 35.5. The molecule has 0 aromatic rings. The number of carbonyl (C=O) groups is 2. The van der Waals surface area contributed by atoms with Crippen molar-refractivity contribution < 1.29 is 14.3 Å². The summed E-state index contributed by atoms with van der Waals surface area (Å²) in [7, 11) is 0. The summed E-state index contributed by atoms with van der Waals surface area (Å²) in [5.74, 6) is 0.746. The molecule has 0 spiro atoms. The van der Waals surface area contributed by atoms with Crippen LogP contribution in [0.2, 0.25) is 0 Å². The fourth-order valence-electron chi connectivity index (χ4n) is 5.81. The first-order chi connectivity index (χ1) is 14.2. The Morgan fingerprint density at radius 3 is 2.33 bits per heavy atom. The van der Waals surface area contributed by atoms with Crippen molar-refractivity contribution in [3.8, 4) is 0 Å². The zero-order valence-electron chi connectivity index (χ0n) is 18.0. The van der Waals surface area contributed by atoms with E-state index in [1.165, 1.54) is 0 Å². The smallest absolute Gasteiger partial charge is 0.246 e. The van der Waals surface area contributed by atoms with Gasteiger partial charge in [-0.15, -0.1) is 23.2 Å². The van der Waals surface area contributed by atoms with Gasteiger partial charge in [0.25, 0.3) is 0 Å². The predicted octanol–water partition coefficient (Wildman–Crippen LogP) is 2.70. The van der Waals surface area contributed by atoms with Gasteiger partial charge in [0.2, 0.25) is 11.8 Å². The number of piperidine rings is 1. The van der Waals surface area contributed by atoms with Crippen LogP contribution >= 0.6 is 23.2 Å². The molecular formula is C22H35Cl2N3O3. The van der Waals surface area contributed by atoms with Crippen molar-refractivity contribution >= 4 is 35.0 Å². The molecule has 8 heteroatoms. The monoisotopic (exact) mass is 459 g/mol. The van der Waals surface area contributed by atoms with Gasteiger partial charge in [-0.05, 0) is 57.3 Å². The van der Waals surface area contributed by atoms with E-state index in [1.54, 1.807) is 0 Å². The molecule has 5 fully saturated rings. The SMILES string of the molecule is CC(C)C1CCC(C(=O)NC23CC(NC(=O)COC4CCC(Cl)C(Cl)C4)(C2)C3)CN1. The molecule has 0 radical (unpaired) electrons. The van der Waals surface area contributed by atoms with E-state index in [-0.39, 0.29) is 52.3 Å². The minimum absolute atomic E-state index is 0.00584. The van der Waals surface area contributed by atoms with Gasteiger partial charge >= 0.3 is 0 Å². The lowest BCUT2D eigenvalue weighted by molar-refractivity contribution is -0.155. The van der Waals surface area contributed by atoms with Gasteiger partial charge in [-0.2, -0.15) is 0 Å². The van der Waals surface area contributed by atoms with Crippen molar-refractivity contribution in [2.24, 2.45) is 11.8 Å². The lowest BCUT2D eigenvalue weighted by atomic mass is 9.44. The summed E-state index contributed by atoms with van der Waals surface area (Å²) in [6, 6.07) is 0.519. The van der Waals surface area contributed by atoms with Gasteiger partial charge in [0.15, 0.2) is 0 Å². The fourth-order valence-corrected chi connectivity index (χ4v) is 6.36. The number of carbonyl (C=O) groups excluding carboxylic acids is 2. The molecule has 5 rings (SSSR count). The van der Waals surface area contributed by atoms with Crippen LogP contribution in [0, 0.1) is 11.8 Å². The minimum atomic E-state index is -0.149. The molecule has 1 heterocycles. The van der Waals surface area contributed by atoms with Crippen LogP contribution in [0.15, 0.2) is 0 Å². The molecule has 1 saturated heterocycles. The number of rotatable bonds is 7. The molecule has 4 aliphatic carbocycles. The standard InChI is InChI=1S/C22H35Cl2N3O3/c1-13(2)18-6-3-14(8-25-18)20(29)27-22-10-21(11-22,12-22)26-19(28)9-30-15-4-5-16(23)17(24)7-15/h13-18,25H,3-12H2,1-2H3,(H,26,28)(H,27,29). The van der Waals surface area contributed by atoms with Crippen LogP contribution in [0.5, 0.6) is 0 Å². The Bertz CT molecular complexity index is 646. The maximum absolute atomic E-state index is 12.7. The van der Waals surface area contributed by atoms with E-state index in [9.17, 15) is 9.59 Å². The second-order valence-corrected chi connectivity index (χ2v) is 11.6. The fraction of sp³-hybridized carbons (Fsp3) is 0.909. The van der Waals surface area contributed by atoms with Crippen molar-refractivity contribution in [2.45, 2.75) is 99.2 Å². The highest BCUT2D eigenvalue weighted by Gasteiger charge is 2.69. The van der Waals surface area contributed by atoms with Crippen LogP contribution in [0.3, 0.4) is 0 Å². The van der Waals surface area contributed by atoms with Crippen LogP contribution < -0.4 is 16.0 Å². The average Bonchev–Trinajstić information content (AvgIpc) is 2.66. The Morgan fingerprint density at radius 2 is 1.73 bits per heavy atom. The van der Waals surface area contributed by atoms with Crippen LogP contribution in [0.1, 0.15) is 65.2 Å². The lowest BCUT2D eigenvalue weighted by Crippen LogP contribution is -2.84. The topological polar surface area (TPSA) is 79.5 Å². The van der Waals surface area contributed by atoms with Crippen molar-refractivity contribution in [1.29, 1.82) is 0 Å². The molecule has 2 bridgehead atoms. The van der Waals surface area contributed by atoms with Crippen molar-refractivity contribution in [3.63, 3.8) is 0 Å². The highest BCUT2D eigenvalue weighted by molar-refractivity contribution is 6.30. The Labute approximate surface area is 189 Å². The van der Waals surface area contributed by atoms with Gasteiger partial charge in [0, 0.05) is 23.7 Å². The van der Waals surface area contributed by atoms with Crippen LogP contribution in [-0.2, 0) is 14.3 Å². The van der Waals surface area contributed by atoms with Crippen LogP contribution in [0.4, 0.5) is 0 Å².